The summed E-state index contributed by atoms with van der Waals surface area (Å²) in [5.41, 5.74) is 2.80. The molecule has 0 saturated heterocycles. The Morgan fingerprint density at radius 3 is 2.36 bits per heavy atom. The van der Waals surface area contributed by atoms with E-state index >= 15 is 0 Å². The van der Waals surface area contributed by atoms with Gasteiger partial charge in [-0.25, -0.2) is 0 Å². The van der Waals surface area contributed by atoms with Crippen LogP contribution in [0.4, 0.5) is 4.39 Å². The normalized spacial score (nSPS) is 10.2. The number of hydrogen-bond acceptors (Lipinski definition) is 0. The minimum Gasteiger partial charge on any atom is -0.251 e. The second kappa shape index (κ2) is 6.22. The molecule has 0 amide bonds. The van der Waals surface area contributed by atoms with E-state index in [1.54, 1.807) is 0 Å². The van der Waals surface area contributed by atoms with Crippen LogP contribution in [0.2, 0.25) is 11.6 Å². The van der Waals surface area contributed by atoms with Crippen LogP contribution < -0.4 is 0 Å². The molecular formula is C12H18AlF. The Morgan fingerprint density at radius 2 is 1.79 bits per heavy atom. The number of benzene rings is 1. The van der Waals surface area contributed by atoms with Gasteiger partial charge in [0.25, 0.3) is 14.1 Å². The topological polar surface area (TPSA) is 0 Å². The van der Waals surface area contributed by atoms with Crippen molar-refractivity contribution in [2.24, 2.45) is 0 Å². The monoisotopic (exact) mass is 208 g/mol. The summed E-state index contributed by atoms with van der Waals surface area (Å²) < 4.78 is 12.1. The number of alkyl halides is 1. The van der Waals surface area contributed by atoms with Gasteiger partial charge in [0.05, 0.1) is 6.67 Å². The Hall–Kier alpha value is -0.318. The summed E-state index contributed by atoms with van der Waals surface area (Å²) in [6, 6.07) is 8.48. The van der Waals surface area contributed by atoms with Gasteiger partial charge in [0, 0.05) is 0 Å². The van der Waals surface area contributed by atoms with Gasteiger partial charge in [-0.3, -0.25) is 4.39 Å². The second-order valence-corrected chi connectivity index (χ2v) is 7.36. The molecule has 0 aromatic heterocycles. The number of rotatable bonds is 5. The average molecular weight is 208 g/mol. The van der Waals surface area contributed by atoms with Gasteiger partial charge in [0.1, 0.15) is 0 Å². The lowest BCUT2D eigenvalue weighted by atomic mass is 10.0. The van der Waals surface area contributed by atoms with E-state index in [0.29, 0.717) is 6.42 Å². The molecule has 0 bridgehead atoms. The van der Waals surface area contributed by atoms with E-state index in [1.807, 2.05) is 0 Å². The van der Waals surface area contributed by atoms with Crippen LogP contribution in [0, 0.1) is 0 Å². The highest BCUT2D eigenvalue weighted by Crippen LogP contribution is 2.13. The highest BCUT2D eigenvalue weighted by molar-refractivity contribution is 6.55. The summed E-state index contributed by atoms with van der Waals surface area (Å²) in [6.45, 7) is -0.201. The highest BCUT2D eigenvalue weighted by Gasteiger charge is 2.07. The molecule has 0 aliphatic heterocycles. The molecule has 0 aliphatic carbocycles. The molecule has 0 radical (unpaired) electrons. The first-order valence-electron chi connectivity index (χ1n) is 5.36. The van der Waals surface area contributed by atoms with Crippen molar-refractivity contribution in [1.82, 2.24) is 0 Å². The van der Waals surface area contributed by atoms with Crippen molar-refractivity contribution in [1.29, 1.82) is 0 Å². The van der Waals surface area contributed by atoms with Crippen LogP contribution in [0.3, 0.4) is 0 Å². The van der Waals surface area contributed by atoms with Crippen LogP contribution in [-0.4, -0.2) is 20.8 Å². The molecule has 14 heavy (non-hydrogen) atoms. The predicted octanol–water partition coefficient (Wildman–Crippen LogP) is 3.42. The third-order valence-electron chi connectivity index (χ3n) is 2.33. The SMILES string of the molecule is [CH3][Al]([CH3])[CH2]c1ccccc1CCCF. The van der Waals surface area contributed by atoms with Crippen molar-refractivity contribution in [2.45, 2.75) is 29.7 Å². The fourth-order valence-corrected chi connectivity index (χ4v) is 2.98. The Labute approximate surface area is 90.5 Å². The predicted molar refractivity (Wildman–Crippen MR) is 61.9 cm³/mol. The lowest BCUT2D eigenvalue weighted by molar-refractivity contribution is 0.472. The van der Waals surface area contributed by atoms with Crippen LogP contribution in [-0.2, 0) is 11.7 Å². The largest absolute Gasteiger partial charge is 0.260 e. The highest BCUT2D eigenvalue weighted by atomic mass is 27.2. The molecule has 0 heterocycles. The van der Waals surface area contributed by atoms with E-state index in [9.17, 15) is 4.39 Å². The minimum absolute atomic E-state index is 0.201. The van der Waals surface area contributed by atoms with Crippen molar-refractivity contribution >= 4 is 14.1 Å². The lowest BCUT2D eigenvalue weighted by Crippen LogP contribution is -2.08. The molecule has 0 fully saturated rings. The fourth-order valence-electron chi connectivity index (χ4n) is 1.70. The summed E-state index contributed by atoms with van der Waals surface area (Å²) in [5.74, 6) is 4.71. The van der Waals surface area contributed by atoms with Crippen molar-refractivity contribution in [3.63, 3.8) is 0 Å². The minimum atomic E-state index is -0.553. The van der Waals surface area contributed by atoms with Gasteiger partial charge in [-0.05, 0) is 18.4 Å². The molecular weight excluding hydrogens is 190 g/mol. The van der Waals surface area contributed by atoms with E-state index in [0.717, 1.165) is 6.42 Å². The van der Waals surface area contributed by atoms with Gasteiger partial charge in [0.2, 0.25) is 0 Å². The molecule has 1 aromatic rings. The van der Waals surface area contributed by atoms with E-state index in [1.165, 1.54) is 16.4 Å². The first-order valence-corrected chi connectivity index (χ1v) is 8.49. The lowest BCUT2D eigenvalue weighted by Gasteiger charge is -2.08. The average Bonchev–Trinajstić information content (AvgIpc) is 2.16. The summed E-state index contributed by atoms with van der Waals surface area (Å²) in [7, 11) is 0. The molecule has 0 N–H and O–H groups in total. The van der Waals surface area contributed by atoms with Crippen LogP contribution >= 0.6 is 0 Å². The summed E-state index contributed by atoms with van der Waals surface area (Å²) in [6.07, 6.45) is 1.56. The zero-order valence-corrected chi connectivity index (χ0v) is 10.2. The van der Waals surface area contributed by atoms with Crippen molar-refractivity contribution in [3.05, 3.63) is 35.4 Å². The second-order valence-electron chi connectivity index (χ2n) is 4.16. The Balaban J connectivity index is 2.69. The van der Waals surface area contributed by atoms with Gasteiger partial charge in [0.15, 0.2) is 0 Å². The third kappa shape index (κ3) is 3.82. The van der Waals surface area contributed by atoms with E-state index in [-0.39, 0.29) is 6.67 Å². The van der Waals surface area contributed by atoms with Crippen molar-refractivity contribution in [2.75, 3.05) is 6.67 Å². The summed E-state index contributed by atoms with van der Waals surface area (Å²) in [5, 5.41) is 1.24. The van der Waals surface area contributed by atoms with E-state index in [2.05, 4.69) is 35.8 Å². The molecule has 1 rings (SSSR count). The van der Waals surface area contributed by atoms with Crippen LogP contribution in [0.1, 0.15) is 17.5 Å². The molecule has 0 spiro atoms. The van der Waals surface area contributed by atoms with Crippen molar-refractivity contribution < 1.29 is 4.39 Å². The third-order valence-corrected chi connectivity index (χ3v) is 3.58. The Bertz CT molecular complexity index is 271. The zero-order chi connectivity index (χ0) is 10.4. The Kier molecular flexibility index (Phi) is 5.22. The van der Waals surface area contributed by atoms with Gasteiger partial charge in [-0.1, -0.05) is 35.1 Å². The maximum atomic E-state index is 12.1. The smallest absolute Gasteiger partial charge is 0.251 e. The summed E-state index contributed by atoms with van der Waals surface area (Å²) >= 11 is -0.553. The molecule has 0 saturated carbocycles. The fraction of sp³-hybridized carbons (Fsp3) is 0.500. The molecule has 2 heteroatoms. The quantitative estimate of drug-likeness (QED) is 0.650. The molecule has 0 nitrogen and oxygen atoms in total. The Morgan fingerprint density at radius 1 is 1.14 bits per heavy atom. The number of aryl methyl sites for hydroxylation is 1. The molecule has 76 valence electrons. The molecule has 1 aromatic carbocycles. The van der Waals surface area contributed by atoms with Crippen LogP contribution in [0.15, 0.2) is 24.3 Å². The van der Waals surface area contributed by atoms with Crippen LogP contribution in [0.5, 0.6) is 0 Å². The zero-order valence-electron chi connectivity index (χ0n) is 9.09. The molecule has 0 atom stereocenters. The molecule has 0 aliphatic rings. The standard InChI is InChI=1S/C10H12F.2CH3.Al/c1-9-5-2-3-6-10(9)7-4-8-11;;;/h2-3,5-6H,1,4,7-8H2;2*1H3;. The van der Waals surface area contributed by atoms with E-state index in [4.69, 9.17) is 0 Å². The van der Waals surface area contributed by atoms with Crippen molar-refractivity contribution in [3.8, 4) is 0 Å². The maximum Gasteiger partial charge on any atom is 0.260 e. The first-order chi connectivity index (χ1) is 6.74. The first kappa shape index (κ1) is 11.8. The van der Waals surface area contributed by atoms with Gasteiger partial charge in [-0.15, -0.1) is 11.6 Å². The van der Waals surface area contributed by atoms with Crippen LogP contribution in [0.25, 0.3) is 0 Å². The maximum absolute atomic E-state index is 12.1. The summed E-state index contributed by atoms with van der Waals surface area (Å²) in [4.78, 5) is 0. The van der Waals surface area contributed by atoms with Gasteiger partial charge < -0.3 is 0 Å². The number of halogens is 1. The van der Waals surface area contributed by atoms with Gasteiger partial charge in [-0.2, -0.15) is 0 Å². The van der Waals surface area contributed by atoms with E-state index < -0.39 is 14.1 Å². The molecule has 0 unspecified atom stereocenters. The van der Waals surface area contributed by atoms with Gasteiger partial charge >= 0.3 is 0 Å². The number of hydrogen-bond donors (Lipinski definition) is 0.